The van der Waals surface area contributed by atoms with Crippen molar-refractivity contribution in [3.8, 4) is 11.5 Å². The Bertz CT molecular complexity index is 509. The third-order valence-corrected chi connectivity index (χ3v) is 2.84. The zero-order valence-corrected chi connectivity index (χ0v) is 10.2. The summed E-state index contributed by atoms with van der Waals surface area (Å²) in [5.74, 6) is 1.44. The molecular weight excluding hydrogens is 232 g/mol. The molecule has 86 valence electrons. The van der Waals surface area contributed by atoms with Gasteiger partial charge >= 0.3 is 0 Å². The molecule has 0 N–H and O–H groups in total. The molecule has 0 aliphatic carbocycles. The van der Waals surface area contributed by atoms with Crippen molar-refractivity contribution in [2.75, 3.05) is 6.26 Å². The monoisotopic (exact) mass is 244 g/mol. The molecule has 0 aromatic heterocycles. The number of hydrogen-bond acceptors (Lipinski definition) is 3. The molecule has 0 bridgehead atoms. The maximum Gasteiger partial charge on any atom is 0.219 e. The maximum atomic E-state index is 11.5. The van der Waals surface area contributed by atoms with E-state index in [4.69, 9.17) is 4.74 Å². The predicted molar refractivity (Wildman–Crippen MR) is 70.8 cm³/mol. The van der Waals surface area contributed by atoms with E-state index < -0.39 is 0 Å². The second kappa shape index (κ2) is 5.55. The molecule has 0 fully saturated rings. The Hall–Kier alpha value is -1.74. The minimum atomic E-state index is 0.0449. The summed E-state index contributed by atoms with van der Waals surface area (Å²) in [5.41, 5.74) is 0.658. The first-order valence-corrected chi connectivity index (χ1v) is 6.43. The van der Waals surface area contributed by atoms with E-state index in [1.807, 2.05) is 42.5 Å². The molecule has 2 rings (SSSR count). The molecule has 3 heteroatoms. The quantitative estimate of drug-likeness (QED) is 0.816. The highest BCUT2D eigenvalue weighted by Gasteiger charge is 2.05. The van der Waals surface area contributed by atoms with Crippen molar-refractivity contribution in [3.63, 3.8) is 0 Å². The van der Waals surface area contributed by atoms with Crippen LogP contribution in [0.2, 0.25) is 0 Å². The maximum absolute atomic E-state index is 11.5. The van der Waals surface area contributed by atoms with E-state index in [1.165, 1.54) is 11.8 Å². The van der Waals surface area contributed by atoms with Crippen LogP contribution < -0.4 is 4.74 Å². The summed E-state index contributed by atoms with van der Waals surface area (Å²) in [6, 6.07) is 16.7. The number of carbonyl (C=O) groups excluding carboxylic acids is 1. The van der Waals surface area contributed by atoms with E-state index in [9.17, 15) is 4.79 Å². The van der Waals surface area contributed by atoms with Gasteiger partial charge in [-0.1, -0.05) is 42.1 Å². The summed E-state index contributed by atoms with van der Waals surface area (Å²) >= 11 is 1.20. The molecule has 0 aliphatic heterocycles. The highest BCUT2D eigenvalue weighted by Crippen LogP contribution is 2.23. The van der Waals surface area contributed by atoms with E-state index in [0.717, 1.165) is 5.75 Å². The molecule has 2 aromatic rings. The smallest absolute Gasteiger partial charge is 0.219 e. The first-order chi connectivity index (χ1) is 8.29. The minimum absolute atomic E-state index is 0.0449. The van der Waals surface area contributed by atoms with Gasteiger partial charge in [0.2, 0.25) is 5.12 Å². The second-order valence-electron chi connectivity index (χ2n) is 3.43. The highest BCUT2D eigenvalue weighted by atomic mass is 32.2. The Labute approximate surface area is 105 Å². The highest BCUT2D eigenvalue weighted by molar-refractivity contribution is 8.13. The van der Waals surface area contributed by atoms with Crippen molar-refractivity contribution in [3.05, 3.63) is 60.2 Å². The first kappa shape index (κ1) is 11.7. The Balaban J connectivity index is 2.20. The van der Waals surface area contributed by atoms with E-state index in [1.54, 1.807) is 18.4 Å². The van der Waals surface area contributed by atoms with Crippen LogP contribution in [0.1, 0.15) is 10.4 Å². The molecule has 0 spiro atoms. The van der Waals surface area contributed by atoms with Crippen LogP contribution in [0.4, 0.5) is 0 Å². The molecule has 0 heterocycles. The lowest BCUT2D eigenvalue weighted by atomic mass is 10.2. The van der Waals surface area contributed by atoms with Crippen LogP contribution in [-0.4, -0.2) is 11.4 Å². The molecule has 0 saturated carbocycles. The van der Waals surface area contributed by atoms with Crippen LogP contribution in [0.5, 0.6) is 11.5 Å². The topological polar surface area (TPSA) is 26.3 Å². The Morgan fingerprint density at radius 1 is 1.00 bits per heavy atom. The number of para-hydroxylation sites is 1. The molecule has 2 nitrogen and oxygen atoms in total. The number of thioether (sulfide) groups is 1. The average Bonchev–Trinajstić information content (AvgIpc) is 2.39. The second-order valence-corrected chi connectivity index (χ2v) is 4.21. The van der Waals surface area contributed by atoms with E-state index >= 15 is 0 Å². The van der Waals surface area contributed by atoms with Crippen LogP contribution in [-0.2, 0) is 0 Å². The summed E-state index contributed by atoms with van der Waals surface area (Å²) < 4.78 is 5.65. The molecule has 0 saturated heterocycles. The van der Waals surface area contributed by atoms with Crippen molar-refractivity contribution in [2.24, 2.45) is 0 Å². The first-order valence-electron chi connectivity index (χ1n) is 5.21. The fraction of sp³-hybridized carbons (Fsp3) is 0.0714. The summed E-state index contributed by atoms with van der Waals surface area (Å²) in [4.78, 5) is 11.5. The van der Waals surface area contributed by atoms with Gasteiger partial charge in [0.25, 0.3) is 0 Å². The third-order valence-electron chi connectivity index (χ3n) is 2.23. The predicted octanol–water partition coefficient (Wildman–Crippen LogP) is 3.98. The number of hydrogen-bond donors (Lipinski definition) is 0. The zero-order valence-electron chi connectivity index (χ0n) is 9.42. The van der Waals surface area contributed by atoms with Gasteiger partial charge in [-0.2, -0.15) is 0 Å². The molecule has 0 radical (unpaired) electrons. The van der Waals surface area contributed by atoms with E-state index in [0.29, 0.717) is 11.3 Å². The lowest BCUT2D eigenvalue weighted by Gasteiger charge is -2.06. The summed E-state index contributed by atoms with van der Waals surface area (Å²) in [6.07, 6.45) is 1.77. The largest absolute Gasteiger partial charge is 0.457 e. The lowest BCUT2D eigenvalue weighted by Crippen LogP contribution is -1.92. The Kier molecular flexibility index (Phi) is 3.83. The van der Waals surface area contributed by atoms with E-state index in [-0.39, 0.29) is 5.12 Å². The molecule has 0 aliphatic rings. The summed E-state index contributed by atoms with van der Waals surface area (Å²) in [5, 5.41) is 0.0449. The van der Waals surface area contributed by atoms with Gasteiger partial charge in [-0.3, -0.25) is 4.79 Å². The van der Waals surface area contributed by atoms with Crippen LogP contribution in [0.15, 0.2) is 54.6 Å². The minimum Gasteiger partial charge on any atom is -0.457 e. The van der Waals surface area contributed by atoms with Crippen LogP contribution in [0.25, 0.3) is 0 Å². The Morgan fingerprint density at radius 3 is 2.41 bits per heavy atom. The van der Waals surface area contributed by atoms with E-state index in [2.05, 4.69) is 0 Å². The van der Waals surface area contributed by atoms with Crippen molar-refractivity contribution >= 4 is 16.9 Å². The van der Waals surface area contributed by atoms with Gasteiger partial charge in [-0.15, -0.1) is 0 Å². The number of benzene rings is 2. The fourth-order valence-electron chi connectivity index (χ4n) is 1.43. The molecule has 0 amide bonds. The van der Waals surface area contributed by atoms with Crippen molar-refractivity contribution in [1.29, 1.82) is 0 Å². The number of carbonyl (C=O) groups is 1. The van der Waals surface area contributed by atoms with Gasteiger partial charge in [0, 0.05) is 5.56 Å². The third kappa shape index (κ3) is 3.11. The van der Waals surface area contributed by atoms with Crippen molar-refractivity contribution in [2.45, 2.75) is 0 Å². The zero-order chi connectivity index (χ0) is 12.1. The molecular formula is C14H12O2S. The number of ether oxygens (including phenoxy) is 1. The molecule has 0 unspecified atom stereocenters. The summed E-state index contributed by atoms with van der Waals surface area (Å²) in [7, 11) is 0. The lowest BCUT2D eigenvalue weighted by molar-refractivity contribution is 0.108. The van der Waals surface area contributed by atoms with Gasteiger partial charge in [-0.05, 0) is 30.5 Å². The molecule has 17 heavy (non-hydrogen) atoms. The molecule has 2 aromatic carbocycles. The van der Waals surface area contributed by atoms with Gasteiger partial charge in [0.1, 0.15) is 11.5 Å². The SMILES string of the molecule is CSC(=O)c1cccc(Oc2ccccc2)c1. The van der Waals surface area contributed by atoms with Crippen molar-refractivity contribution in [1.82, 2.24) is 0 Å². The van der Waals surface area contributed by atoms with Gasteiger partial charge < -0.3 is 4.74 Å². The summed E-state index contributed by atoms with van der Waals surface area (Å²) in [6.45, 7) is 0. The van der Waals surface area contributed by atoms with Crippen LogP contribution >= 0.6 is 11.8 Å². The van der Waals surface area contributed by atoms with Gasteiger partial charge in [0.05, 0.1) is 0 Å². The standard InChI is InChI=1S/C14H12O2S/c1-17-14(15)11-6-5-9-13(10-11)16-12-7-3-2-4-8-12/h2-10H,1H3. The average molecular weight is 244 g/mol. The number of rotatable bonds is 3. The van der Waals surface area contributed by atoms with Gasteiger partial charge in [-0.25, -0.2) is 0 Å². The van der Waals surface area contributed by atoms with Crippen LogP contribution in [0.3, 0.4) is 0 Å². The Morgan fingerprint density at radius 2 is 1.71 bits per heavy atom. The fourth-order valence-corrected chi connectivity index (χ4v) is 1.79. The molecule has 0 atom stereocenters. The van der Waals surface area contributed by atoms with Gasteiger partial charge in [0.15, 0.2) is 0 Å². The van der Waals surface area contributed by atoms with Crippen molar-refractivity contribution < 1.29 is 9.53 Å². The normalized spacial score (nSPS) is 9.94. The van der Waals surface area contributed by atoms with Crippen LogP contribution in [0, 0.1) is 0 Å².